The lowest BCUT2D eigenvalue weighted by atomic mass is 10.2. The van der Waals surface area contributed by atoms with Crippen molar-refractivity contribution in [1.82, 2.24) is 9.55 Å². The molecule has 102 valence electrons. The third-order valence-corrected chi connectivity index (χ3v) is 2.98. The molecule has 0 aliphatic carbocycles. The molecule has 0 radical (unpaired) electrons. The van der Waals surface area contributed by atoms with Gasteiger partial charge in [0.15, 0.2) is 0 Å². The van der Waals surface area contributed by atoms with E-state index < -0.39 is 0 Å². The fourth-order valence-corrected chi connectivity index (χ4v) is 1.89. The van der Waals surface area contributed by atoms with E-state index in [9.17, 15) is 4.39 Å². The SMILES string of the molecule is COCC(C)n1ccnc1Nc1ccc(C)c(F)c1. The number of imidazole rings is 1. The van der Waals surface area contributed by atoms with E-state index in [4.69, 9.17) is 4.74 Å². The highest BCUT2D eigenvalue weighted by molar-refractivity contribution is 5.54. The fraction of sp³-hybridized carbons (Fsp3) is 0.357. The van der Waals surface area contributed by atoms with E-state index in [0.717, 1.165) is 0 Å². The fourth-order valence-electron chi connectivity index (χ4n) is 1.89. The van der Waals surface area contributed by atoms with Crippen LogP contribution < -0.4 is 5.32 Å². The van der Waals surface area contributed by atoms with Gasteiger partial charge in [-0.3, -0.25) is 0 Å². The van der Waals surface area contributed by atoms with Crippen LogP contribution in [0, 0.1) is 12.7 Å². The topological polar surface area (TPSA) is 39.1 Å². The zero-order valence-corrected chi connectivity index (χ0v) is 11.4. The Bertz CT molecular complexity index is 553. The highest BCUT2D eigenvalue weighted by Gasteiger charge is 2.10. The van der Waals surface area contributed by atoms with Crippen molar-refractivity contribution in [2.75, 3.05) is 19.0 Å². The van der Waals surface area contributed by atoms with E-state index in [2.05, 4.69) is 10.3 Å². The lowest BCUT2D eigenvalue weighted by Gasteiger charge is -2.16. The number of nitrogens with one attached hydrogen (secondary N) is 1. The van der Waals surface area contributed by atoms with Gasteiger partial charge in [-0.2, -0.15) is 0 Å². The van der Waals surface area contributed by atoms with Crippen LogP contribution >= 0.6 is 0 Å². The molecule has 2 rings (SSSR count). The van der Waals surface area contributed by atoms with Crippen LogP contribution in [0.2, 0.25) is 0 Å². The van der Waals surface area contributed by atoms with E-state index in [0.29, 0.717) is 23.8 Å². The quantitative estimate of drug-likeness (QED) is 0.899. The molecule has 1 atom stereocenters. The summed E-state index contributed by atoms with van der Waals surface area (Å²) < 4.78 is 20.6. The summed E-state index contributed by atoms with van der Waals surface area (Å²) in [6.45, 7) is 4.36. The van der Waals surface area contributed by atoms with E-state index in [-0.39, 0.29) is 11.9 Å². The first-order valence-corrected chi connectivity index (χ1v) is 6.16. The maximum absolute atomic E-state index is 13.5. The monoisotopic (exact) mass is 263 g/mol. The summed E-state index contributed by atoms with van der Waals surface area (Å²) in [5.74, 6) is 0.445. The van der Waals surface area contributed by atoms with E-state index in [1.807, 2.05) is 23.8 Å². The van der Waals surface area contributed by atoms with Gasteiger partial charge >= 0.3 is 0 Å². The summed E-state index contributed by atoms with van der Waals surface area (Å²) in [6.07, 6.45) is 3.58. The van der Waals surface area contributed by atoms with E-state index >= 15 is 0 Å². The number of halogens is 1. The van der Waals surface area contributed by atoms with Crippen molar-refractivity contribution >= 4 is 11.6 Å². The summed E-state index contributed by atoms with van der Waals surface area (Å²) >= 11 is 0. The molecule has 0 saturated heterocycles. The molecule has 4 nitrogen and oxygen atoms in total. The molecular formula is C14H18FN3O. The Hall–Kier alpha value is -1.88. The summed E-state index contributed by atoms with van der Waals surface area (Å²) in [7, 11) is 1.66. The predicted molar refractivity (Wildman–Crippen MR) is 73.2 cm³/mol. The predicted octanol–water partition coefficient (Wildman–Crippen LogP) is 3.28. The van der Waals surface area contributed by atoms with Crippen molar-refractivity contribution in [3.8, 4) is 0 Å². The van der Waals surface area contributed by atoms with Gasteiger partial charge in [-0.15, -0.1) is 0 Å². The second-order valence-electron chi connectivity index (χ2n) is 4.55. The maximum Gasteiger partial charge on any atom is 0.207 e. The molecule has 1 aromatic carbocycles. The molecule has 0 aliphatic heterocycles. The minimum Gasteiger partial charge on any atom is -0.383 e. The third kappa shape index (κ3) is 3.12. The van der Waals surface area contributed by atoms with Crippen LogP contribution in [0.4, 0.5) is 16.0 Å². The van der Waals surface area contributed by atoms with Gasteiger partial charge in [0.2, 0.25) is 5.95 Å². The van der Waals surface area contributed by atoms with Gasteiger partial charge in [0.25, 0.3) is 0 Å². The van der Waals surface area contributed by atoms with Gasteiger partial charge in [0.05, 0.1) is 12.6 Å². The summed E-state index contributed by atoms with van der Waals surface area (Å²) in [5.41, 5.74) is 1.31. The number of benzene rings is 1. The Balaban J connectivity index is 2.19. The van der Waals surface area contributed by atoms with Gasteiger partial charge in [0, 0.05) is 25.2 Å². The Labute approximate surface area is 112 Å². The summed E-state index contributed by atoms with van der Waals surface area (Å²) in [5, 5.41) is 3.12. The number of aryl methyl sites for hydroxylation is 1. The largest absolute Gasteiger partial charge is 0.383 e. The molecule has 1 unspecified atom stereocenters. The van der Waals surface area contributed by atoms with Crippen LogP contribution in [0.15, 0.2) is 30.6 Å². The second-order valence-corrected chi connectivity index (χ2v) is 4.55. The van der Waals surface area contributed by atoms with Crippen molar-refractivity contribution in [2.45, 2.75) is 19.9 Å². The van der Waals surface area contributed by atoms with Crippen LogP contribution in [-0.4, -0.2) is 23.3 Å². The number of methoxy groups -OCH3 is 1. The smallest absolute Gasteiger partial charge is 0.207 e. The number of hydrogen-bond donors (Lipinski definition) is 1. The van der Waals surface area contributed by atoms with Gasteiger partial charge in [-0.25, -0.2) is 9.37 Å². The highest BCUT2D eigenvalue weighted by atomic mass is 19.1. The van der Waals surface area contributed by atoms with Gasteiger partial charge in [0.1, 0.15) is 5.82 Å². The average molecular weight is 263 g/mol. The second kappa shape index (κ2) is 5.84. The Morgan fingerprint density at radius 1 is 1.47 bits per heavy atom. The molecule has 0 amide bonds. The first-order chi connectivity index (χ1) is 9.11. The van der Waals surface area contributed by atoms with Crippen LogP contribution in [0.5, 0.6) is 0 Å². The Morgan fingerprint density at radius 3 is 2.95 bits per heavy atom. The maximum atomic E-state index is 13.5. The lowest BCUT2D eigenvalue weighted by Crippen LogP contribution is -2.12. The molecule has 1 heterocycles. The lowest BCUT2D eigenvalue weighted by molar-refractivity contribution is 0.163. The first kappa shape index (κ1) is 13.5. The number of rotatable bonds is 5. The summed E-state index contributed by atoms with van der Waals surface area (Å²) in [4.78, 5) is 4.24. The normalized spacial score (nSPS) is 12.4. The molecule has 2 aromatic rings. The summed E-state index contributed by atoms with van der Waals surface area (Å²) in [6, 6.07) is 5.20. The molecule has 1 N–H and O–H groups in total. The third-order valence-electron chi connectivity index (χ3n) is 2.98. The molecule has 0 spiro atoms. The van der Waals surface area contributed by atoms with Crippen LogP contribution in [0.1, 0.15) is 18.5 Å². The molecule has 19 heavy (non-hydrogen) atoms. The zero-order valence-electron chi connectivity index (χ0n) is 11.4. The van der Waals surface area contributed by atoms with Crippen LogP contribution in [-0.2, 0) is 4.74 Å². The van der Waals surface area contributed by atoms with Crippen LogP contribution in [0.25, 0.3) is 0 Å². The van der Waals surface area contributed by atoms with Crippen molar-refractivity contribution in [3.63, 3.8) is 0 Å². The molecular weight excluding hydrogens is 245 g/mol. The Kier molecular flexibility index (Phi) is 4.16. The molecule has 0 aliphatic rings. The first-order valence-electron chi connectivity index (χ1n) is 6.16. The number of aromatic nitrogens is 2. The molecule has 0 saturated carbocycles. The van der Waals surface area contributed by atoms with Crippen molar-refractivity contribution in [2.24, 2.45) is 0 Å². The molecule has 0 bridgehead atoms. The number of nitrogens with zero attached hydrogens (tertiary/aromatic N) is 2. The number of anilines is 2. The molecule has 1 aromatic heterocycles. The zero-order chi connectivity index (χ0) is 13.8. The van der Waals surface area contributed by atoms with Gasteiger partial charge < -0.3 is 14.6 Å². The van der Waals surface area contributed by atoms with Crippen molar-refractivity contribution < 1.29 is 9.13 Å². The van der Waals surface area contributed by atoms with Crippen LogP contribution in [0.3, 0.4) is 0 Å². The molecule has 0 fully saturated rings. The van der Waals surface area contributed by atoms with Gasteiger partial charge in [-0.05, 0) is 31.5 Å². The standard InChI is InChI=1S/C14H18FN3O/c1-10-4-5-12(8-13(10)15)17-14-16-6-7-18(14)11(2)9-19-3/h4-8,11H,9H2,1-3H3,(H,16,17). The minimum absolute atomic E-state index is 0.158. The average Bonchev–Trinajstić information content (AvgIpc) is 2.82. The van der Waals surface area contributed by atoms with Crippen molar-refractivity contribution in [3.05, 3.63) is 42.0 Å². The van der Waals surface area contributed by atoms with E-state index in [1.165, 1.54) is 6.07 Å². The minimum atomic E-state index is -0.229. The number of hydrogen-bond acceptors (Lipinski definition) is 3. The highest BCUT2D eigenvalue weighted by Crippen LogP contribution is 2.20. The van der Waals surface area contributed by atoms with Gasteiger partial charge in [-0.1, -0.05) is 6.07 Å². The number of ether oxygens (including phenoxy) is 1. The van der Waals surface area contributed by atoms with Crippen molar-refractivity contribution in [1.29, 1.82) is 0 Å². The molecule has 5 heteroatoms. The Morgan fingerprint density at radius 2 is 2.26 bits per heavy atom. The van der Waals surface area contributed by atoms with E-state index in [1.54, 1.807) is 26.3 Å².